The molecular weight excluding hydrogens is 249 g/mol. The molecule has 0 saturated heterocycles. The zero-order valence-electron chi connectivity index (χ0n) is 11.7. The Kier molecular flexibility index (Phi) is 3.83. The molecule has 1 aliphatic rings. The van der Waals surface area contributed by atoms with Crippen LogP contribution in [0.1, 0.15) is 30.4 Å². The second-order valence-corrected chi connectivity index (χ2v) is 5.76. The molecule has 0 heterocycles. The van der Waals surface area contributed by atoms with Gasteiger partial charge in [-0.2, -0.15) is 0 Å². The van der Waals surface area contributed by atoms with E-state index in [4.69, 9.17) is 0 Å². The minimum absolute atomic E-state index is 0.150. The van der Waals surface area contributed by atoms with E-state index in [9.17, 15) is 4.39 Å². The van der Waals surface area contributed by atoms with E-state index < -0.39 is 0 Å². The van der Waals surface area contributed by atoms with Crippen molar-refractivity contribution in [2.45, 2.75) is 37.8 Å². The maximum Gasteiger partial charge on any atom is 0.123 e. The molecule has 3 unspecified atom stereocenters. The Morgan fingerprint density at radius 3 is 2.70 bits per heavy atom. The monoisotopic (exact) mass is 269 g/mol. The second kappa shape index (κ2) is 5.76. The highest BCUT2D eigenvalue weighted by atomic mass is 19.1. The first-order valence-electron chi connectivity index (χ1n) is 7.28. The van der Waals surface area contributed by atoms with Crippen LogP contribution >= 0.6 is 0 Å². The zero-order valence-corrected chi connectivity index (χ0v) is 11.7. The van der Waals surface area contributed by atoms with Gasteiger partial charge in [0.05, 0.1) is 0 Å². The fourth-order valence-electron chi connectivity index (χ4n) is 2.89. The van der Waals surface area contributed by atoms with Gasteiger partial charge >= 0.3 is 0 Å². The molecule has 2 aromatic carbocycles. The van der Waals surface area contributed by atoms with Crippen LogP contribution in [0.5, 0.6) is 0 Å². The van der Waals surface area contributed by atoms with Crippen LogP contribution in [-0.4, -0.2) is 12.1 Å². The molecule has 0 aromatic heterocycles. The molecule has 1 N–H and O–H groups in total. The van der Waals surface area contributed by atoms with Gasteiger partial charge in [-0.3, -0.25) is 0 Å². The molecule has 1 saturated carbocycles. The standard InChI is InChI=1S/C18H20FN/c1-13(10-14-6-5-9-16(19)11-14)20-18-12-17(18)15-7-3-2-4-8-15/h2-9,11,13,17-18,20H,10,12H2,1H3. The molecule has 2 aromatic rings. The van der Waals surface area contributed by atoms with Gasteiger partial charge in [-0.15, -0.1) is 0 Å². The molecule has 1 aliphatic carbocycles. The van der Waals surface area contributed by atoms with E-state index in [-0.39, 0.29) is 5.82 Å². The lowest BCUT2D eigenvalue weighted by molar-refractivity contribution is 0.533. The van der Waals surface area contributed by atoms with Crippen LogP contribution in [0.25, 0.3) is 0 Å². The van der Waals surface area contributed by atoms with Gasteiger partial charge in [-0.1, -0.05) is 42.5 Å². The van der Waals surface area contributed by atoms with Crippen LogP contribution in [0.15, 0.2) is 54.6 Å². The van der Waals surface area contributed by atoms with Gasteiger partial charge in [0.1, 0.15) is 5.82 Å². The molecule has 0 radical (unpaired) electrons. The molecule has 20 heavy (non-hydrogen) atoms. The highest BCUT2D eigenvalue weighted by Gasteiger charge is 2.38. The molecule has 2 heteroatoms. The Bertz CT molecular complexity index is 567. The number of rotatable bonds is 5. The fraction of sp³-hybridized carbons (Fsp3) is 0.333. The molecule has 1 nitrogen and oxygen atoms in total. The molecule has 0 amide bonds. The van der Waals surface area contributed by atoms with Crippen LogP contribution in [-0.2, 0) is 6.42 Å². The predicted molar refractivity (Wildman–Crippen MR) is 80.3 cm³/mol. The summed E-state index contributed by atoms with van der Waals surface area (Å²) < 4.78 is 13.2. The van der Waals surface area contributed by atoms with Crippen LogP contribution in [0.4, 0.5) is 4.39 Å². The van der Waals surface area contributed by atoms with Crippen LogP contribution in [0, 0.1) is 5.82 Å². The van der Waals surface area contributed by atoms with Crippen molar-refractivity contribution >= 4 is 0 Å². The molecule has 1 fully saturated rings. The van der Waals surface area contributed by atoms with E-state index >= 15 is 0 Å². The van der Waals surface area contributed by atoms with Gasteiger partial charge in [0.2, 0.25) is 0 Å². The lowest BCUT2D eigenvalue weighted by Crippen LogP contribution is -2.30. The molecule has 3 rings (SSSR count). The van der Waals surface area contributed by atoms with E-state index in [2.05, 4.69) is 42.6 Å². The number of halogens is 1. The average molecular weight is 269 g/mol. The first-order chi connectivity index (χ1) is 9.72. The predicted octanol–water partition coefficient (Wildman–Crippen LogP) is 3.90. The van der Waals surface area contributed by atoms with Gasteiger partial charge in [-0.05, 0) is 43.0 Å². The van der Waals surface area contributed by atoms with Crippen molar-refractivity contribution in [3.05, 3.63) is 71.5 Å². The fourth-order valence-corrected chi connectivity index (χ4v) is 2.89. The SMILES string of the molecule is CC(Cc1cccc(F)c1)NC1CC1c1ccccc1. The summed E-state index contributed by atoms with van der Waals surface area (Å²) in [7, 11) is 0. The van der Waals surface area contributed by atoms with Crippen LogP contribution in [0.2, 0.25) is 0 Å². The Morgan fingerprint density at radius 2 is 1.95 bits per heavy atom. The first kappa shape index (κ1) is 13.3. The molecule has 0 spiro atoms. The maximum absolute atomic E-state index is 13.2. The summed E-state index contributed by atoms with van der Waals surface area (Å²) in [5.74, 6) is 0.495. The second-order valence-electron chi connectivity index (χ2n) is 5.76. The largest absolute Gasteiger partial charge is 0.311 e. The minimum Gasteiger partial charge on any atom is -0.311 e. The van der Waals surface area contributed by atoms with Crippen molar-refractivity contribution in [2.75, 3.05) is 0 Å². The smallest absolute Gasteiger partial charge is 0.123 e. The highest BCUT2D eigenvalue weighted by Crippen LogP contribution is 2.40. The van der Waals surface area contributed by atoms with E-state index in [1.807, 2.05) is 6.07 Å². The average Bonchev–Trinajstić information content (AvgIpc) is 3.19. The lowest BCUT2D eigenvalue weighted by atomic mass is 10.1. The number of hydrogen-bond acceptors (Lipinski definition) is 1. The summed E-state index contributed by atoms with van der Waals surface area (Å²) in [5.41, 5.74) is 2.48. The third-order valence-corrected chi connectivity index (χ3v) is 3.95. The van der Waals surface area contributed by atoms with E-state index in [1.165, 1.54) is 18.1 Å². The summed E-state index contributed by atoms with van der Waals surface area (Å²) in [6, 6.07) is 18.5. The van der Waals surface area contributed by atoms with Gasteiger partial charge in [0.25, 0.3) is 0 Å². The molecule has 3 atom stereocenters. The van der Waals surface area contributed by atoms with Crippen molar-refractivity contribution < 1.29 is 4.39 Å². The summed E-state index contributed by atoms with van der Waals surface area (Å²) in [5, 5.41) is 3.65. The van der Waals surface area contributed by atoms with Crippen molar-refractivity contribution in [3.63, 3.8) is 0 Å². The molecule has 0 aliphatic heterocycles. The highest BCUT2D eigenvalue weighted by molar-refractivity contribution is 5.28. The summed E-state index contributed by atoms with van der Waals surface area (Å²) in [4.78, 5) is 0. The van der Waals surface area contributed by atoms with E-state index in [0.29, 0.717) is 18.0 Å². The third-order valence-electron chi connectivity index (χ3n) is 3.95. The summed E-state index contributed by atoms with van der Waals surface area (Å²) >= 11 is 0. The van der Waals surface area contributed by atoms with Crippen molar-refractivity contribution in [1.82, 2.24) is 5.32 Å². The lowest BCUT2D eigenvalue weighted by Gasteiger charge is -2.14. The Hall–Kier alpha value is -1.67. The number of nitrogens with one attached hydrogen (secondary N) is 1. The van der Waals surface area contributed by atoms with Crippen molar-refractivity contribution in [2.24, 2.45) is 0 Å². The molecule has 104 valence electrons. The number of hydrogen-bond donors (Lipinski definition) is 1. The minimum atomic E-state index is -0.150. The van der Waals surface area contributed by atoms with Crippen molar-refractivity contribution in [3.8, 4) is 0 Å². The van der Waals surface area contributed by atoms with Gasteiger partial charge in [0, 0.05) is 18.0 Å². The van der Waals surface area contributed by atoms with Gasteiger partial charge in [-0.25, -0.2) is 4.39 Å². The molecular formula is C18H20FN. The normalized spacial score (nSPS) is 22.5. The molecule has 0 bridgehead atoms. The van der Waals surface area contributed by atoms with E-state index in [1.54, 1.807) is 12.1 Å². The van der Waals surface area contributed by atoms with Gasteiger partial charge in [0.15, 0.2) is 0 Å². The first-order valence-corrected chi connectivity index (χ1v) is 7.28. The summed E-state index contributed by atoms with van der Waals surface area (Å²) in [6.45, 7) is 2.17. The third kappa shape index (κ3) is 3.26. The van der Waals surface area contributed by atoms with Crippen LogP contribution in [0.3, 0.4) is 0 Å². The maximum atomic E-state index is 13.2. The van der Waals surface area contributed by atoms with E-state index in [0.717, 1.165) is 12.0 Å². The van der Waals surface area contributed by atoms with Crippen LogP contribution < -0.4 is 5.32 Å². The van der Waals surface area contributed by atoms with Crippen molar-refractivity contribution in [1.29, 1.82) is 0 Å². The topological polar surface area (TPSA) is 12.0 Å². The Morgan fingerprint density at radius 1 is 1.15 bits per heavy atom. The van der Waals surface area contributed by atoms with Gasteiger partial charge < -0.3 is 5.32 Å². The number of benzene rings is 2. The Labute approximate surface area is 119 Å². The zero-order chi connectivity index (χ0) is 13.9. The Balaban J connectivity index is 1.52. The summed E-state index contributed by atoms with van der Waals surface area (Å²) in [6.07, 6.45) is 2.08. The quantitative estimate of drug-likeness (QED) is 0.868.